The van der Waals surface area contributed by atoms with Crippen molar-refractivity contribution in [2.75, 3.05) is 0 Å². The first-order valence-corrected chi connectivity index (χ1v) is 7.61. The quantitative estimate of drug-likeness (QED) is 0.877. The van der Waals surface area contributed by atoms with E-state index in [1.807, 2.05) is 20.8 Å². The molecule has 0 aliphatic rings. The molecule has 18 heavy (non-hydrogen) atoms. The molecule has 0 radical (unpaired) electrons. The van der Waals surface area contributed by atoms with Crippen molar-refractivity contribution in [1.82, 2.24) is 9.71 Å². The van der Waals surface area contributed by atoms with E-state index in [9.17, 15) is 13.2 Å². The highest BCUT2D eigenvalue weighted by Crippen LogP contribution is 2.24. The summed E-state index contributed by atoms with van der Waals surface area (Å²) in [5.74, 6) is -1.35. The smallest absolute Gasteiger partial charge is 0.356 e. The third kappa shape index (κ3) is 3.27. The van der Waals surface area contributed by atoms with Crippen LogP contribution in [0.4, 0.5) is 0 Å². The first-order valence-electron chi connectivity index (χ1n) is 5.25. The number of carboxylic acids is 1. The molecule has 8 heteroatoms. The van der Waals surface area contributed by atoms with Crippen molar-refractivity contribution in [3.8, 4) is 0 Å². The molecule has 0 amide bonds. The highest BCUT2D eigenvalue weighted by atomic mass is 32.2. The first-order chi connectivity index (χ1) is 8.05. The average Bonchev–Trinajstić information content (AvgIpc) is 2.63. The van der Waals surface area contributed by atoms with E-state index in [0.717, 1.165) is 11.3 Å². The number of nitrogens with one attached hydrogen (secondary N) is 1. The molecule has 1 rings (SSSR count). The van der Waals surface area contributed by atoms with Gasteiger partial charge in [-0.3, -0.25) is 0 Å². The molecule has 0 spiro atoms. The van der Waals surface area contributed by atoms with Crippen LogP contribution in [0.1, 0.15) is 38.2 Å². The fraction of sp³-hybridized carbons (Fsp3) is 0.600. The van der Waals surface area contributed by atoms with Gasteiger partial charge >= 0.3 is 5.97 Å². The molecule has 1 atom stereocenters. The lowest BCUT2D eigenvalue weighted by atomic mass is 9.89. The van der Waals surface area contributed by atoms with E-state index < -0.39 is 21.7 Å². The van der Waals surface area contributed by atoms with Crippen LogP contribution >= 0.6 is 11.3 Å². The van der Waals surface area contributed by atoms with Crippen LogP contribution in [0, 0.1) is 5.41 Å². The number of hydrogen-bond donors (Lipinski definition) is 2. The van der Waals surface area contributed by atoms with E-state index in [1.54, 1.807) is 6.92 Å². The van der Waals surface area contributed by atoms with Gasteiger partial charge in [0.05, 0.1) is 5.51 Å². The van der Waals surface area contributed by atoms with Gasteiger partial charge in [0.2, 0.25) is 0 Å². The summed E-state index contributed by atoms with van der Waals surface area (Å²) < 4.78 is 26.4. The van der Waals surface area contributed by atoms with E-state index in [4.69, 9.17) is 5.11 Å². The lowest BCUT2D eigenvalue weighted by molar-refractivity contribution is 0.0687. The summed E-state index contributed by atoms with van der Waals surface area (Å²) in [6.45, 7) is 7.42. The zero-order valence-electron chi connectivity index (χ0n) is 10.6. The van der Waals surface area contributed by atoms with Crippen molar-refractivity contribution in [2.24, 2.45) is 5.41 Å². The minimum Gasteiger partial charge on any atom is -0.476 e. The van der Waals surface area contributed by atoms with Crippen molar-refractivity contribution in [3.05, 3.63) is 11.2 Å². The van der Waals surface area contributed by atoms with Crippen molar-refractivity contribution >= 4 is 27.3 Å². The molecule has 1 aromatic heterocycles. The number of thiazole rings is 1. The monoisotopic (exact) mass is 292 g/mol. The highest BCUT2D eigenvalue weighted by molar-refractivity contribution is 7.91. The zero-order valence-corrected chi connectivity index (χ0v) is 12.2. The topological polar surface area (TPSA) is 96.4 Å². The molecule has 0 aromatic carbocycles. The summed E-state index contributed by atoms with van der Waals surface area (Å²) in [7, 11) is -3.85. The molecule has 0 saturated carbocycles. The number of carboxylic acid groups (broad SMARTS) is 1. The van der Waals surface area contributed by atoms with Crippen LogP contribution in [-0.2, 0) is 10.0 Å². The van der Waals surface area contributed by atoms with Gasteiger partial charge in [-0.2, -0.15) is 0 Å². The second kappa shape index (κ2) is 4.94. The Morgan fingerprint density at radius 3 is 2.50 bits per heavy atom. The lowest BCUT2D eigenvalue weighted by Gasteiger charge is -2.27. The summed E-state index contributed by atoms with van der Waals surface area (Å²) in [6.07, 6.45) is 0. The molecule has 0 saturated heterocycles. The molecule has 1 heterocycles. The van der Waals surface area contributed by atoms with Crippen LogP contribution in [0.3, 0.4) is 0 Å². The fourth-order valence-corrected chi connectivity index (χ4v) is 3.64. The molecule has 0 aliphatic carbocycles. The van der Waals surface area contributed by atoms with Crippen LogP contribution in [0.25, 0.3) is 0 Å². The van der Waals surface area contributed by atoms with Gasteiger partial charge < -0.3 is 5.11 Å². The average molecular weight is 292 g/mol. The molecule has 2 N–H and O–H groups in total. The second-order valence-corrected chi connectivity index (χ2v) is 7.77. The number of carbonyl (C=O) groups is 1. The van der Waals surface area contributed by atoms with Gasteiger partial charge in [0, 0.05) is 6.04 Å². The molecular formula is C10H16N2O4S2. The van der Waals surface area contributed by atoms with Crippen molar-refractivity contribution in [1.29, 1.82) is 0 Å². The fourth-order valence-electron chi connectivity index (χ4n) is 1.03. The molecular weight excluding hydrogens is 276 g/mol. The van der Waals surface area contributed by atoms with E-state index in [0.29, 0.717) is 0 Å². The highest BCUT2D eigenvalue weighted by Gasteiger charge is 2.30. The normalized spacial score (nSPS) is 14.4. The largest absolute Gasteiger partial charge is 0.476 e. The molecule has 0 bridgehead atoms. The van der Waals surface area contributed by atoms with Crippen molar-refractivity contribution in [3.63, 3.8) is 0 Å². The molecule has 1 aromatic rings. The Balaban J connectivity index is 3.08. The number of aromatic carboxylic acids is 1. The summed E-state index contributed by atoms with van der Waals surface area (Å²) in [6, 6.07) is -0.328. The summed E-state index contributed by atoms with van der Waals surface area (Å²) in [4.78, 5) is 14.4. The van der Waals surface area contributed by atoms with Crippen LogP contribution in [-0.4, -0.2) is 30.5 Å². The van der Waals surface area contributed by atoms with Gasteiger partial charge in [0.1, 0.15) is 0 Å². The summed E-state index contributed by atoms with van der Waals surface area (Å²) >= 11 is 0.795. The van der Waals surface area contributed by atoms with Crippen molar-refractivity contribution in [2.45, 2.75) is 37.9 Å². The maximum atomic E-state index is 12.1. The zero-order chi connectivity index (χ0) is 14.1. The Kier molecular flexibility index (Phi) is 4.14. The molecule has 0 aliphatic heterocycles. The second-order valence-electron chi connectivity index (χ2n) is 5.00. The summed E-state index contributed by atoms with van der Waals surface area (Å²) in [5.41, 5.74) is 0.509. The molecule has 1 unspecified atom stereocenters. The number of rotatable bonds is 4. The van der Waals surface area contributed by atoms with Crippen LogP contribution in [0.5, 0.6) is 0 Å². The Morgan fingerprint density at radius 1 is 1.50 bits per heavy atom. The number of aromatic nitrogens is 1. The minimum absolute atomic E-state index is 0.258. The van der Waals surface area contributed by atoms with E-state index in [2.05, 4.69) is 9.71 Å². The lowest BCUT2D eigenvalue weighted by Crippen LogP contribution is -2.41. The third-order valence-electron chi connectivity index (χ3n) is 2.61. The predicted molar refractivity (Wildman–Crippen MR) is 68.3 cm³/mol. The maximum absolute atomic E-state index is 12.1. The maximum Gasteiger partial charge on any atom is 0.356 e. The van der Waals surface area contributed by atoms with Gasteiger partial charge in [0.15, 0.2) is 9.90 Å². The van der Waals surface area contributed by atoms with Crippen LogP contribution in [0.2, 0.25) is 0 Å². The third-order valence-corrected chi connectivity index (χ3v) is 5.52. The SMILES string of the molecule is CC(NS(=O)(=O)c1scnc1C(=O)O)C(C)(C)C. The number of nitrogens with zero attached hydrogens (tertiary/aromatic N) is 1. The Hall–Kier alpha value is -0.990. The van der Waals surface area contributed by atoms with E-state index in [1.165, 1.54) is 5.51 Å². The number of hydrogen-bond acceptors (Lipinski definition) is 5. The van der Waals surface area contributed by atoms with Crippen LogP contribution < -0.4 is 4.72 Å². The standard InChI is InChI=1S/C10H16N2O4S2/c1-6(10(2,3)4)12-18(15,16)9-7(8(13)14)11-5-17-9/h5-6,12H,1-4H3,(H,13,14). The van der Waals surface area contributed by atoms with E-state index >= 15 is 0 Å². The molecule has 102 valence electrons. The minimum atomic E-state index is -3.85. The molecule has 6 nitrogen and oxygen atoms in total. The molecule has 0 fully saturated rings. The van der Waals surface area contributed by atoms with Gasteiger partial charge in [0.25, 0.3) is 10.0 Å². The Bertz CT molecular complexity index is 542. The van der Waals surface area contributed by atoms with Crippen LogP contribution in [0.15, 0.2) is 9.72 Å². The van der Waals surface area contributed by atoms with Gasteiger partial charge in [-0.1, -0.05) is 20.8 Å². The van der Waals surface area contributed by atoms with Crippen molar-refractivity contribution < 1.29 is 18.3 Å². The predicted octanol–water partition coefficient (Wildman–Crippen LogP) is 1.55. The van der Waals surface area contributed by atoms with Gasteiger partial charge in [-0.05, 0) is 12.3 Å². The first kappa shape index (κ1) is 15.1. The van der Waals surface area contributed by atoms with Gasteiger partial charge in [-0.25, -0.2) is 22.9 Å². The Morgan fingerprint density at radius 2 is 2.06 bits per heavy atom. The van der Waals surface area contributed by atoms with E-state index in [-0.39, 0.29) is 15.7 Å². The number of sulfonamides is 1. The summed E-state index contributed by atoms with van der Waals surface area (Å²) in [5, 5.41) is 8.86. The Labute approximate surface area is 110 Å². The van der Waals surface area contributed by atoms with Gasteiger partial charge in [-0.15, -0.1) is 11.3 Å².